The van der Waals surface area contributed by atoms with E-state index in [1.165, 1.54) is 0 Å². The lowest BCUT2D eigenvalue weighted by Crippen LogP contribution is -1.81. The van der Waals surface area contributed by atoms with Gasteiger partial charge < -0.3 is 15.3 Å². The fourth-order valence-corrected chi connectivity index (χ4v) is 1.14. The number of nitrogens with two attached hydrogens (primary N) is 1. The average molecular weight is 191 g/mol. The molecule has 72 valence electrons. The SMILES string of the molecule is Cc1cc(-c2nnc(N)o2)ccc1O. The molecule has 0 unspecified atom stereocenters. The maximum atomic E-state index is 9.30. The topological polar surface area (TPSA) is 85.2 Å². The summed E-state index contributed by atoms with van der Waals surface area (Å²) in [6, 6.07) is 5.05. The van der Waals surface area contributed by atoms with Crippen molar-refractivity contribution in [3.05, 3.63) is 23.8 Å². The van der Waals surface area contributed by atoms with E-state index in [1.807, 2.05) is 0 Å². The molecule has 0 fully saturated rings. The van der Waals surface area contributed by atoms with Gasteiger partial charge in [-0.25, -0.2) is 0 Å². The number of aromatic nitrogens is 2. The van der Waals surface area contributed by atoms with Gasteiger partial charge in [-0.1, -0.05) is 5.10 Å². The number of phenolic OH excluding ortho intramolecular Hbond substituents is 1. The number of aryl methyl sites for hydroxylation is 1. The lowest BCUT2D eigenvalue weighted by atomic mass is 10.1. The van der Waals surface area contributed by atoms with Crippen molar-refractivity contribution in [1.29, 1.82) is 0 Å². The average Bonchev–Trinajstić information content (AvgIpc) is 2.57. The van der Waals surface area contributed by atoms with E-state index in [0.717, 1.165) is 11.1 Å². The first-order valence-corrected chi connectivity index (χ1v) is 4.06. The van der Waals surface area contributed by atoms with Crippen molar-refractivity contribution in [1.82, 2.24) is 10.2 Å². The molecule has 0 aliphatic rings. The van der Waals surface area contributed by atoms with Crippen LogP contribution in [0, 0.1) is 6.92 Å². The fraction of sp³-hybridized carbons (Fsp3) is 0.111. The number of nitrogens with zero attached hydrogens (tertiary/aromatic N) is 2. The zero-order valence-corrected chi connectivity index (χ0v) is 7.56. The molecule has 0 atom stereocenters. The standard InChI is InChI=1S/C9H9N3O2/c1-5-4-6(2-3-7(5)13)8-11-12-9(10)14-8/h2-4,13H,1H3,(H2,10,12). The molecular weight excluding hydrogens is 182 g/mol. The van der Waals surface area contributed by atoms with Gasteiger partial charge in [0, 0.05) is 5.56 Å². The molecule has 3 N–H and O–H groups in total. The Kier molecular flexibility index (Phi) is 1.85. The number of anilines is 1. The lowest BCUT2D eigenvalue weighted by molar-refractivity contribution is 0.471. The van der Waals surface area contributed by atoms with Gasteiger partial charge in [-0.15, -0.1) is 5.10 Å². The van der Waals surface area contributed by atoms with Crippen molar-refractivity contribution < 1.29 is 9.52 Å². The molecule has 5 heteroatoms. The highest BCUT2D eigenvalue weighted by molar-refractivity contribution is 5.56. The molecule has 2 aromatic rings. The molecule has 5 nitrogen and oxygen atoms in total. The zero-order valence-electron chi connectivity index (χ0n) is 7.56. The Morgan fingerprint density at radius 3 is 2.71 bits per heavy atom. The van der Waals surface area contributed by atoms with Crippen LogP contribution in [0.5, 0.6) is 5.75 Å². The van der Waals surface area contributed by atoms with Crippen molar-refractivity contribution in [2.45, 2.75) is 6.92 Å². The second kappa shape index (κ2) is 3.02. The molecule has 0 bridgehead atoms. The molecule has 0 saturated heterocycles. The normalized spacial score (nSPS) is 10.4. The Morgan fingerprint density at radius 2 is 2.14 bits per heavy atom. The molecule has 0 amide bonds. The number of rotatable bonds is 1. The van der Waals surface area contributed by atoms with Gasteiger partial charge in [0.25, 0.3) is 0 Å². The summed E-state index contributed by atoms with van der Waals surface area (Å²) in [7, 11) is 0. The Hall–Kier alpha value is -2.04. The van der Waals surface area contributed by atoms with E-state index in [4.69, 9.17) is 10.2 Å². The maximum absolute atomic E-state index is 9.30. The van der Waals surface area contributed by atoms with Crippen molar-refractivity contribution in [3.8, 4) is 17.2 Å². The Morgan fingerprint density at radius 1 is 1.36 bits per heavy atom. The van der Waals surface area contributed by atoms with Gasteiger partial charge in [0.05, 0.1) is 0 Å². The van der Waals surface area contributed by atoms with Gasteiger partial charge in [0.2, 0.25) is 5.89 Å². The van der Waals surface area contributed by atoms with Gasteiger partial charge in [-0.3, -0.25) is 0 Å². The predicted molar refractivity (Wildman–Crippen MR) is 50.5 cm³/mol. The quantitative estimate of drug-likeness (QED) is 0.710. The minimum Gasteiger partial charge on any atom is -0.508 e. The molecule has 0 saturated carbocycles. The first-order valence-electron chi connectivity index (χ1n) is 4.06. The van der Waals surface area contributed by atoms with Crippen molar-refractivity contribution in [3.63, 3.8) is 0 Å². The Labute approximate surface area is 80.2 Å². The first-order chi connectivity index (χ1) is 6.66. The maximum Gasteiger partial charge on any atom is 0.313 e. The van der Waals surface area contributed by atoms with Crippen LogP contribution in [-0.2, 0) is 0 Å². The number of phenols is 1. The highest BCUT2D eigenvalue weighted by Crippen LogP contribution is 2.24. The highest BCUT2D eigenvalue weighted by Gasteiger charge is 2.07. The summed E-state index contributed by atoms with van der Waals surface area (Å²) in [5.74, 6) is 0.590. The van der Waals surface area contributed by atoms with Crippen molar-refractivity contribution in [2.24, 2.45) is 0 Å². The summed E-state index contributed by atoms with van der Waals surface area (Å²) in [4.78, 5) is 0. The molecule has 2 rings (SSSR count). The molecule has 14 heavy (non-hydrogen) atoms. The van der Waals surface area contributed by atoms with E-state index in [0.29, 0.717) is 5.89 Å². The van der Waals surface area contributed by atoms with E-state index < -0.39 is 0 Å². The van der Waals surface area contributed by atoms with Crippen LogP contribution in [0.1, 0.15) is 5.56 Å². The van der Waals surface area contributed by atoms with Gasteiger partial charge in [-0.05, 0) is 30.7 Å². The summed E-state index contributed by atoms with van der Waals surface area (Å²) in [6.07, 6.45) is 0. The van der Waals surface area contributed by atoms with E-state index >= 15 is 0 Å². The lowest BCUT2D eigenvalue weighted by Gasteiger charge is -1.99. The second-order valence-corrected chi connectivity index (χ2v) is 2.95. The van der Waals surface area contributed by atoms with Crippen LogP contribution in [0.15, 0.2) is 22.6 Å². The van der Waals surface area contributed by atoms with Crippen molar-refractivity contribution >= 4 is 6.01 Å². The molecule has 0 aliphatic heterocycles. The monoisotopic (exact) mass is 191 g/mol. The third-order valence-corrected chi connectivity index (χ3v) is 1.88. The fourth-order valence-electron chi connectivity index (χ4n) is 1.14. The van der Waals surface area contributed by atoms with Crippen LogP contribution in [-0.4, -0.2) is 15.3 Å². The summed E-state index contributed by atoms with van der Waals surface area (Å²) in [6.45, 7) is 1.79. The molecule has 0 radical (unpaired) electrons. The summed E-state index contributed by atoms with van der Waals surface area (Å²) in [5.41, 5.74) is 6.78. The molecule has 1 aromatic carbocycles. The summed E-state index contributed by atoms with van der Waals surface area (Å²) >= 11 is 0. The number of hydrogen-bond acceptors (Lipinski definition) is 5. The smallest absolute Gasteiger partial charge is 0.313 e. The first kappa shape index (κ1) is 8.55. The van der Waals surface area contributed by atoms with Crippen LogP contribution >= 0.6 is 0 Å². The van der Waals surface area contributed by atoms with Crippen LogP contribution in [0.2, 0.25) is 0 Å². The molecular formula is C9H9N3O2. The highest BCUT2D eigenvalue weighted by atomic mass is 16.4. The Bertz CT molecular complexity index is 465. The predicted octanol–water partition coefficient (Wildman–Crippen LogP) is 1.33. The third kappa shape index (κ3) is 1.39. The van der Waals surface area contributed by atoms with Crippen molar-refractivity contribution in [2.75, 3.05) is 5.73 Å². The van der Waals surface area contributed by atoms with Gasteiger partial charge in [-0.2, -0.15) is 0 Å². The molecule has 1 heterocycles. The number of aromatic hydroxyl groups is 1. The van der Waals surface area contributed by atoms with Crippen LogP contribution < -0.4 is 5.73 Å². The number of nitrogen functional groups attached to an aromatic ring is 1. The van der Waals surface area contributed by atoms with E-state index in [1.54, 1.807) is 25.1 Å². The summed E-state index contributed by atoms with van der Waals surface area (Å²) < 4.78 is 5.04. The third-order valence-electron chi connectivity index (χ3n) is 1.88. The minimum atomic E-state index is 0.0331. The molecule has 0 aliphatic carbocycles. The number of hydrogen-bond donors (Lipinski definition) is 2. The minimum absolute atomic E-state index is 0.0331. The Balaban J connectivity index is 2.47. The molecule has 0 spiro atoms. The van der Waals surface area contributed by atoms with Gasteiger partial charge in [0.15, 0.2) is 0 Å². The van der Waals surface area contributed by atoms with E-state index in [-0.39, 0.29) is 11.8 Å². The van der Waals surface area contributed by atoms with E-state index in [2.05, 4.69) is 10.2 Å². The van der Waals surface area contributed by atoms with Gasteiger partial charge >= 0.3 is 6.01 Å². The van der Waals surface area contributed by atoms with Gasteiger partial charge in [0.1, 0.15) is 5.75 Å². The number of benzene rings is 1. The van der Waals surface area contributed by atoms with Crippen LogP contribution in [0.3, 0.4) is 0 Å². The van der Waals surface area contributed by atoms with Crippen LogP contribution in [0.25, 0.3) is 11.5 Å². The van der Waals surface area contributed by atoms with E-state index in [9.17, 15) is 5.11 Å². The van der Waals surface area contributed by atoms with Crippen LogP contribution in [0.4, 0.5) is 6.01 Å². The summed E-state index contributed by atoms with van der Waals surface area (Å²) in [5, 5.41) is 16.6. The molecule has 1 aromatic heterocycles. The zero-order chi connectivity index (χ0) is 10.1. The largest absolute Gasteiger partial charge is 0.508 e. The second-order valence-electron chi connectivity index (χ2n) is 2.95.